The molecular formula is C19H13F3N2OS. The van der Waals surface area contributed by atoms with Crippen LogP contribution in [0.2, 0.25) is 0 Å². The van der Waals surface area contributed by atoms with Crippen molar-refractivity contribution in [1.29, 1.82) is 0 Å². The monoisotopic (exact) mass is 374 g/mol. The number of amides is 1. The highest BCUT2D eigenvalue weighted by molar-refractivity contribution is 7.13. The highest BCUT2D eigenvalue weighted by Gasteiger charge is 2.35. The molecule has 0 atom stereocenters. The van der Waals surface area contributed by atoms with Crippen LogP contribution in [-0.2, 0) is 4.79 Å². The zero-order valence-electron chi connectivity index (χ0n) is 13.3. The van der Waals surface area contributed by atoms with Crippen LogP contribution in [0, 0.1) is 0 Å². The summed E-state index contributed by atoms with van der Waals surface area (Å²) in [6.45, 7) is 0. The lowest BCUT2D eigenvalue weighted by Gasteiger charge is -2.12. The zero-order chi connectivity index (χ0) is 18.6. The minimum absolute atomic E-state index is 0.0609. The van der Waals surface area contributed by atoms with Crippen molar-refractivity contribution < 1.29 is 18.0 Å². The highest BCUT2D eigenvalue weighted by atomic mass is 32.1. The molecule has 3 rings (SSSR count). The average molecular weight is 374 g/mol. The summed E-state index contributed by atoms with van der Waals surface area (Å²) in [6.07, 6.45) is -2.37. The smallest absolute Gasteiger partial charge is 0.322 e. The van der Waals surface area contributed by atoms with Gasteiger partial charge in [-0.2, -0.15) is 13.2 Å². The molecule has 0 unspecified atom stereocenters. The number of carbonyl (C=O) groups excluding carboxylic acids is 1. The van der Waals surface area contributed by atoms with E-state index in [-0.39, 0.29) is 5.56 Å². The van der Waals surface area contributed by atoms with E-state index < -0.39 is 17.7 Å². The van der Waals surface area contributed by atoms with Crippen molar-refractivity contribution in [3.05, 3.63) is 77.8 Å². The van der Waals surface area contributed by atoms with E-state index in [1.807, 2.05) is 5.38 Å². The number of aromatic nitrogens is 1. The lowest BCUT2D eigenvalue weighted by atomic mass is 10.1. The molecule has 0 fully saturated rings. The molecule has 7 heteroatoms. The van der Waals surface area contributed by atoms with Crippen LogP contribution >= 0.6 is 11.3 Å². The van der Waals surface area contributed by atoms with Gasteiger partial charge in [0.1, 0.15) is 5.01 Å². The average Bonchev–Trinajstić information content (AvgIpc) is 3.15. The van der Waals surface area contributed by atoms with Gasteiger partial charge in [0.15, 0.2) is 0 Å². The summed E-state index contributed by atoms with van der Waals surface area (Å²) in [5.41, 5.74) is 0.222. The molecule has 0 aliphatic rings. The summed E-state index contributed by atoms with van der Waals surface area (Å²) < 4.78 is 39.8. The molecule has 0 spiro atoms. The van der Waals surface area contributed by atoms with E-state index in [0.717, 1.165) is 10.6 Å². The summed E-state index contributed by atoms with van der Waals surface area (Å²) in [6, 6.07) is 14.0. The van der Waals surface area contributed by atoms with E-state index >= 15 is 0 Å². The predicted octanol–water partition coefficient (Wildman–Crippen LogP) is 5.39. The fourth-order valence-corrected chi connectivity index (χ4v) is 2.96. The number of nitrogens with one attached hydrogen (secondary N) is 1. The van der Waals surface area contributed by atoms with Crippen molar-refractivity contribution in [2.45, 2.75) is 6.18 Å². The molecule has 0 aliphatic heterocycles. The summed E-state index contributed by atoms with van der Waals surface area (Å²) >= 11 is 1.47. The third-order valence-corrected chi connectivity index (χ3v) is 4.32. The van der Waals surface area contributed by atoms with Gasteiger partial charge in [0.2, 0.25) is 5.91 Å². The number of halogens is 3. The van der Waals surface area contributed by atoms with E-state index in [4.69, 9.17) is 0 Å². The van der Waals surface area contributed by atoms with Crippen LogP contribution in [0.5, 0.6) is 0 Å². The molecule has 0 saturated heterocycles. The molecule has 1 heterocycles. The van der Waals surface area contributed by atoms with Crippen molar-refractivity contribution in [2.75, 3.05) is 5.32 Å². The van der Waals surface area contributed by atoms with Gasteiger partial charge in [-0.15, -0.1) is 11.3 Å². The van der Waals surface area contributed by atoms with E-state index in [1.54, 1.807) is 36.5 Å². The maximum atomic E-state index is 13.3. The third kappa shape index (κ3) is 4.37. The van der Waals surface area contributed by atoms with Crippen LogP contribution in [0.1, 0.15) is 5.56 Å². The van der Waals surface area contributed by atoms with Crippen molar-refractivity contribution in [3.8, 4) is 10.6 Å². The number of thiazole rings is 1. The molecule has 3 aromatic rings. The van der Waals surface area contributed by atoms with Crippen molar-refractivity contribution >= 4 is 28.5 Å². The summed E-state index contributed by atoms with van der Waals surface area (Å²) in [5, 5.41) is 5.12. The first-order chi connectivity index (χ1) is 12.4. The van der Waals surface area contributed by atoms with Gasteiger partial charge in [0.05, 0.1) is 5.57 Å². The molecule has 3 nitrogen and oxygen atoms in total. The maximum absolute atomic E-state index is 13.3. The van der Waals surface area contributed by atoms with Crippen LogP contribution in [0.15, 0.2) is 72.3 Å². The second-order valence-electron chi connectivity index (χ2n) is 5.33. The number of nitrogens with zero attached hydrogens (tertiary/aromatic N) is 1. The van der Waals surface area contributed by atoms with E-state index in [9.17, 15) is 18.0 Å². The Bertz CT molecular complexity index is 902. The molecule has 132 valence electrons. The maximum Gasteiger partial charge on any atom is 0.417 e. The molecule has 0 aliphatic carbocycles. The van der Waals surface area contributed by atoms with E-state index in [0.29, 0.717) is 11.8 Å². The largest absolute Gasteiger partial charge is 0.417 e. The predicted molar refractivity (Wildman–Crippen MR) is 96.7 cm³/mol. The number of hydrogen-bond acceptors (Lipinski definition) is 3. The van der Waals surface area contributed by atoms with Crippen LogP contribution in [-0.4, -0.2) is 17.1 Å². The summed E-state index contributed by atoms with van der Waals surface area (Å²) in [7, 11) is 0. The number of benzene rings is 2. The fourth-order valence-electron chi connectivity index (χ4n) is 2.32. The Morgan fingerprint density at radius 3 is 2.31 bits per heavy atom. The molecule has 1 aromatic heterocycles. The molecule has 2 aromatic carbocycles. The standard InChI is InChI=1S/C19H13F3N2OS/c20-19(21,22)16(13-4-2-1-3-5-13)12-17(25)24-15-8-6-14(7-9-15)18-23-10-11-26-18/h1-12H,(H,24,25)/b16-12+. The van der Waals surface area contributed by atoms with Gasteiger partial charge in [-0.25, -0.2) is 4.98 Å². The Morgan fingerprint density at radius 2 is 1.73 bits per heavy atom. The number of rotatable bonds is 4. The Kier molecular flexibility index (Phi) is 5.18. The minimum Gasteiger partial charge on any atom is -0.322 e. The van der Waals surface area contributed by atoms with Crippen molar-refractivity contribution in [2.24, 2.45) is 0 Å². The van der Waals surface area contributed by atoms with Crippen molar-refractivity contribution in [1.82, 2.24) is 4.98 Å². The molecule has 0 radical (unpaired) electrons. The first-order valence-electron chi connectivity index (χ1n) is 7.59. The van der Waals surface area contributed by atoms with Gasteiger partial charge < -0.3 is 5.32 Å². The third-order valence-electron chi connectivity index (χ3n) is 3.50. The number of alkyl halides is 3. The van der Waals surface area contributed by atoms with Gasteiger partial charge in [0, 0.05) is 28.9 Å². The zero-order valence-corrected chi connectivity index (χ0v) is 14.1. The van der Waals surface area contributed by atoms with Gasteiger partial charge in [0.25, 0.3) is 0 Å². The normalized spacial score (nSPS) is 12.0. The first-order valence-corrected chi connectivity index (χ1v) is 8.47. The second kappa shape index (κ2) is 7.53. The highest BCUT2D eigenvalue weighted by Crippen LogP contribution is 2.33. The molecule has 0 bridgehead atoms. The number of allylic oxidation sites excluding steroid dienone is 1. The number of carbonyl (C=O) groups is 1. The Balaban J connectivity index is 1.79. The van der Waals surface area contributed by atoms with Crippen molar-refractivity contribution in [3.63, 3.8) is 0 Å². The Hall–Kier alpha value is -2.93. The summed E-state index contributed by atoms with van der Waals surface area (Å²) in [5.74, 6) is -0.844. The van der Waals surface area contributed by atoms with Crippen LogP contribution in [0.25, 0.3) is 16.1 Å². The molecule has 1 N–H and O–H groups in total. The van der Waals surface area contributed by atoms with Gasteiger partial charge in [-0.1, -0.05) is 30.3 Å². The number of anilines is 1. The molecule has 1 amide bonds. The fraction of sp³-hybridized carbons (Fsp3) is 0.0526. The molecule has 26 heavy (non-hydrogen) atoms. The lowest BCUT2D eigenvalue weighted by molar-refractivity contribution is -0.112. The van der Waals surface area contributed by atoms with Gasteiger partial charge in [-0.3, -0.25) is 4.79 Å². The van der Waals surface area contributed by atoms with E-state index in [1.165, 1.54) is 35.6 Å². The van der Waals surface area contributed by atoms with Gasteiger partial charge in [-0.05, 0) is 29.8 Å². The quantitative estimate of drug-likeness (QED) is 0.622. The van der Waals surface area contributed by atoms with Crippen LogP contribution in [0.4, 0.5) is 18.9 Å². The SMILES string of the molecule is O=C(/C=C(\c1ccccc1)C(F)(F)F)Nc1ccc(-c2nccs2)cc1. The van der Waals surface area contributed by atoms with Crippen LogP contribution in [0.3, 0.4) is 0 Å². The topological polar surface area (TPSA) is 42.0 Å². The second-order valence-corrected chi connectivity index (χ2v) is 6.22. The number of hydrogen-bond donors (Lipinski definition) is 1. The molecule has 0 saturated carbocycles. The Labute approximate surface area is 151 Å². The molecular weight excluding hydrogens is 361 g/mol. The summed E-state index contributed by atoms with van der Waals surface area (Å²) in [4.78, 5) is 16.2. The van der Waals surface area contributed by atoms with Gasteiger partial charge >= 0.3 is 6.18 Å². The minimum atomic E-state index is -4.63. The van der Waals surface area contributed by atoms with E-state index in [2.05, 4.69) is 10.3 Å². The lowest BCUT2D eigenvalue weighted by Crippen LogP contribution is -2.16. The van der Waals surface area contributed by atoms with Crippen LogP contribution < -0.4 is 5.32 Å². The first kappa shape index (κ1) is 17.9. The Morgan fingerprint density at radius 1 is 1.04 bits per heavy atom.